The monoisotopic (exact) mass is 256 g/mol. The van der Waals surface area contributed by atoms with Gasteiger partial charge in [-0.3, -0.25) is 4.98 Å². The Hall–Kier alpha value is -1.10. The second kappa shape index (κ2) is 3.96. The van der Waals surface area contributed by atoms with Gasteiger partial charge in [0.2, 0.25) is 0 Å². The molecule has 0 bridgehead atoms. The largest absolute Gasteiger partial charge is 0.448 e. The van der Waals surface area contributed by atoms with Crippen LogP contribution in [-0.2, 0) is 11.3 Å². The minimum absolute atomic E-state index is 0.249. The summed E-state index contributed by atoms with van der Waals surface area (Å²) in [6.07, 6.45) is 3.20. The molecule has 1 aromatic heterocycles. The molecule has 2 heterocycles. The number of hydrogen-bond donors (Lipinski definition) is 0. The number of amides is 1. The molecule has 1 amide bonds. The van der Waals surface area contributed by atoms with Gasteiger partial charge in [0, 0.05) is 22.4 Å². The van der Waals surface area contributed by atoms with E-state index in [2.05, 4.69) is 20.9 Å². The van der Waals surface area contributed by atoms with E-state index in [9.17, 15) is 4.79 Å². The normalized spacial score (nSPS) is 15.8. The smallest absolute Gasteiger partial charge is 0.410 e. The number of halogens is 1. The molecule has 5 heteroatoms. The van der Waals surface area contributed by atoms with Crippen molar-refractivity contribution in [1.29, 1.82) is 0 Å². The Labute approximate surface area is 90.0 Å². The van der Waals surface area contributed by atoms with Crippen molar-refractivity contribution in [2.45, 2.75) is 6.54 Å². The van der Waals surface area contributed by atoms with Gasteiger partial charge in [0.15, 0.2) is 0 Å². The van der Waals surface area contributed by atoms with Crippen molar-refractivity contribution in [3.8, 4) is 0 Å². The minimum atomic E-state index is -0.249. The first-order valence-electron chi connectivity index (χ1n) is 4.27. The number of carbonyl (C=O) groups is 1. The van der Waals surface area contributed by atoms with Crippen LogP contribution in [0.25, 0.3) is 0 Å². The molecular formula is C9H9BrN2O2. The maximum atomic E-state index is 11.2. The van der Waals surface area contributed by atoms with Crippen molar-refractivity contribution < 1.29 is 9.53 Å². The molecule has 14 heavy (non-hydrogen) atoms. The van der Waals surface area contributed by atoms with Gasteiger partial charge in [-0.25, -0.2) is 4.79 Å². The number of cyclic esters (lactones) is 1. The van der Waals surface area contributed by atoms with E-state index >= 15 is 0 Å². The summed E-state index contributed by atoms with van der Waals surface area (Å²) >= 11 is 3.40. The van der Waals surface area contributed by atoms with E-state index in [-0.39, 0.29) is 6.09 Å². The maximum Gasteiger partial charge on any atom is 0.410 e. The van der Waals surface area contributed by atoms with Crippen molar-refractivity contribution in [2.75, 3.05) is 13.2 Å². The number of ether oxygens (including phenoxy) is 1. The van der Waals surface area contributed by atoms with E-state index in [0.29, 0.717) is 19.7 Å². The molecule has 2 rings (SSSR count). The Balaban J connectivity index is 2.10. The van der Waals surface area contributed by atoms with Crippen LogP contribution in [0.3, 0.4) is 0 Å². The van der Waals surface area contributed by atoms with Crippen molar-refractivity contribution in [3.63, 3.8) is 0 Å². The molecule has 0 spiro atoms. The number of hydrogen-bond acceptors (Lipinski definition) is 3. The van der Waals surface area contributed by atoms with E-state index in [1.165, 1.54) is 0 Å². The summed E-state index contributed by atoms with van der Waals surface area (Å²) in [5.74, 6) is 0. The van der Waals surface area contributed by atoms with Crippen molar-refractivity contribution in [3.05, 3.63) is 28.5 Å². The standard InChI is InChI=1S/C9H9BrN2O2/c10-8-1-2-11-5-7(8)6-12-3-4-14-9(12)13/h1-2,5H,3-4,6H2. The maximum absolute atomic E-state index is 11.2. The van der Waals surface area contributed by atoms with Gasteiger partial charge < -0.3 is 9.64 Å². The fraction of sp³-hybridized carbons (Fsp3) is 0.333. The Kier molecular flexibility index (Phi) is 2.67. The summed E-state index contributed by atoms with van der Waals surface area (Å²) in [5, 5.41) is 0. The number of rotatable bonds is 2. The number of aromatic nitrogens is 1. The van der Waals surface area contributed by atoms with Crippen molar-refractivity contribution >= 4 is 22.0 Å². The first-order chi connectivity index (χ1) is 6.77. The average Bonchev–Trinajstić information content (AvgIpc) is 2.56. The summed E-state index contributed by atoms with van der Waals surface area (Å²) < 4.78 is 5.79. The molecule has 1 aliphatic heterocycles. The average molecular weight is 257 g/mol. The summed E-state index contributed by atoms with van der Waals surface area (Å²) in [4.78, 5) is 16.8. The molecule has 1 saturated heterocycles. The second-order valence-corrected chi connectivity index (χ2v) is 3.86. The molecule has 1 aliphatic rings. The van der Waals surface area contributed by atoms with Gasteiger partial charge in [0.1, 0.15) is 6.61 Å². The molecule has 4 nitrogen and oxygen atoms in total. The van der Waals surface area contributed by atoms with Crippen molar-refractivity contribution in [1.82, 2.24) is 9.88 Å². The van der Waals surface area contributed by atoms with E-state index in [4.69, 9.17) is 4.74 Å². The van der Waals surface area contributed by atoms with E-state index in [1.807, 2.05) is 6.07 Å². The quantitative estimate of drug-likeness (QED) is 0.811. The Bertz CT molecular complexity index is 356. The minimum Gasteiger partial charge on any atom is -0.448 e. The lowest BCUT2D eigenvalue weighted by molar-refractivity contribution is 0.157. The first kappa shape index (κ1) is 9.45. The van der Waals surface area contributed by atoms with Crippen LogP contribution in [-0.4, -0.2) is 29.1 Å². The van der Waals surface area contributed by atoms with E-state index in [1.54, 1.807) is 17.3 Å². The summed E-state index contributed by atoms with van der Waals surface area (Å²) in [6.45, 7) is 1.68. The van der Waals surface area contributed by atoms with Crippen LogP contribution in [0.5, 0.6) is 0 Å². The van der Waals surface area contributed by atoms with E-state index < -0.39 is 0 Å². The number of carbonyl (C=O) groups excluding carboxylic acids is 1. The Morgan fingerprint density at radius 2 is 2.50 bits per heavy atom. The van der Waals surface area contributed by atoms with Gasteiger partial charge in [-0.05, 0) is 6.07 Å². The second-order valence-electron chi connectivity index (χ2n) is 3.00. The molecule has 74 valence electrons. The number of pyridine rings is 1. The molecule has 0 atom stereocenters. The molecule has 0 aliphatic carbocycles. The Morgan fingerprint density at radius 1 is 1.64 bits per heavy atom. The van der Waals surface area contributed by atoms with Gasteiger partial charge in [-0.1, -0.05) is 15.9 Å². The molecule has 1 fully saturated rings. The molecular weight excluding hydrogens is 248 g/mol. The van der Waals surface area contributed by atoms with Crippen LogP contribution >= 0.6 is 15.9 Å². The third-order valence-corrected chi connectivity index (χ3v) is 2.82. The summed E-state index contributed by atoms with van der Waals surface area (Å²) in [5.41, 5.74) is 0.992. The zero-order valence-corrected chi connectivity index (χ0v) is 9.03. The van der Waals surface area contributed by atoms with Crippen molar-refractivity contribution in [2.24, 2.45) is 0 Å². The molecule has 0 N–H and O–H groups in total. The summed E-state index contributed by atoms with van der Waals surface area (Å²) in [7, 11) is 0. The van der Waals surface area contributed by atoms with Gasteiger partial charge >= 0.3 is 6.09 Å². The predicted molar refractivity (Wildman–Crippen MR) is 53.7 cm³/mol. The third kappa shape index (κ3) is 1.87. The molecule has 0 aromatic carbocycles. The zero-order valence-electron chi connectivity index (χ0n) is 7.44. The highest BCUT2D eigenvalue weighted by molar-refractivity contribution is 9.10. The highest BCUT2D eigenvalue weighted by Crippen LogP contribution is 2.18. The van der Waals surface area contributed by atoms with Gasteiger partial charge in [-0.2, -0.15) is 0 Å². The van der Waals surface area contributed by atoms with Gasteiger partial charge in [-0.15, -0.1) is 0 Å². The molecule has 0 unspecified atom stereocenters. The van der Waals surface area contributed by atoms with Crippen LogP contribution in [0.2, 0.25) is 0 Å². The zero-order chi connectivity index (χ0) is 9.97. The van der Waals surface area contributed by atoms with Crippen LogP contribution in [0, 0.1) is 0 Å². The van der Waals surface area contributed by atoms with E-state index in [0.717, 1.165) is 10.0 Å². The lowest BCUT2D eigenvalue weighted by Gasteiger charge is -2.12. The Morgan fingerprint density at radius 3 is 3.14 bits per heavy atom. The topological polar surface area (TPSA) is 42.4 Å². The highest BCUT2D eigenvalue weighted by Gasteiger charge is 2.22. The SMILES string of the molecule is O=C1OCCN1Cc1cnccc1Br. The fourth-order valence-electron chi connectivity index (χ4n) is 1.30. The summed E-state index contributed by atoms with van der Waals surface area (Å²) in [6, 6.07) is 1.86. The van der Waals surface area contributed by atoms with Gasteiger partial charge in [0.05, 0.1) is 13.1 Å². The first-order valence-corrected chi connectivity index (χ1v) is 5.07. The lowest BCUT2D eigenvalue weighted by atomic mass is 10.3. The lowest BCUT2D eigenvalue weighted by Crippen LogP contribution is -2.23. The highest BCUT2D eigenvalue weighted by atomic mass is 79.9. The number of nitrogens with zero attached hydrogens (tertiary/aromatic N) is 2. The van der Waals surface area contributed by atoms with Gasteiger partial charge in [0.25, 0.3) is 0 Å². The molecule has 1 aromatic rings. The van der Waals surface area contributed by atoms with Crippen LogP contribution in [0.4, 0.5) is 4.79 Å². The van der Waals surface area contributed by atoms with Crippen LogP contribution in [0.1, 0.15) is 5.56 Å². The van der Waals surface area contributed by atoms with Crippen LogP contribution < -0.4 is 0 Å². The molecule has 0 radical (unpaired) electrons. The fourth-order valence-corrected chi connectivity index (χ4v) is 1.65. The molecule has 0 saturated carbocycles. The predicted octanol–water partition coefficient (Wildman–Crippen LogP) is 1.80. The third-order valence-electron chi connectivity index (χ3n) is 2.05. The van der Waals surface area contributed by atoms with Crippen LogP contribution in [0.15, 0.2) is 22.9 Å².